The number of rotatable bonds is 0. The average Bonchev–Trinajstić information content (AvgIpc) is 2.21. The first kappa shape index (κ1) is 11.6. The van der Waals surface area contributed by atoms with Crippen molar-refractivity contribution in [3.05, 3.63) is 0 Å². The van der Waals surface area contributed by atoms with E-state index >= 15 is 0 Å². The van der Waals surface area contributed by atoms with Crippen molar-refractivity contribution in [3.8, 4) is 0 Å². The molecule has 1 rings (SSSR count). The normalized spacial score (nSPS) is 16.1. The summed E-state index contributed by atoms with van der Waals surface area (Å²) in [6, 6.07) is 0. The molecule has 0 bridgehead atoms. The van der Waals surface area contributed by atoms with Gasteiger partial charge in [0.15, 0.2) is 0 Å². The number of piperidine rings is 1. The molecular formula is C7H16N2O2S. The molecule has 0 aromatic heterocycles. The Hall–Kier alpha value is -0.420. The largest absolute Gasteiger partial charge is 0.453 e. The van der Waals surface area contributed by atoms with Crippen molar-refractivity contribution in [2.24, 2.45) is 5.14 Å². The van der Waals surface area contributed by atoms with E-state index in [1.54, 1.807) is 4.90 Å². The number of amides is 1. The van der Waals surface area contributed by atoms with E-state index < -0.39 is 0 Å². The third-order valence-corrected chi connectivity index (χ3v) is 1.79. The number of methoxy groups -OCH3 is 1. The maximum atomic E-state index is 10.9. The lowest BCUT2D eigenvalue weighted by Crippen LogP contribution is -2.35. The molecule has 4 nitrogen and oxygen atoms in total. The lowest BCUT2D eigenvalue weighted by molar-refractivity contribution is 0.115. The molecule has 0 atom stereocenters. The predicted octanol–water partition coefficient (Wildman–Crippen LogP) is 1.03. The number of carbonyl (C=O) groups excluding carboxylic acids is 1. The number of nitrogens with zero attached hydrogens (tertiary/aromatic N) is 1. The maximum Gasteiger partial charge on any atom is 0.409 e. The minimum Gasteiger partial charge on any atom is -0.453 e. The molecule has 0 saturated carbocycles. The molecule has 0 aliphatic carbocycles. The van der Waals surface area contributed by atoms with Crippen LogP contribution in [0.15, 0.2) is 0 Å². The molecule has 0 aromatic rings. The Morgan fingerprint density at radius 3 is 2.25 bits per heavy atom. The molecule has 1 saturated heterocycles. The summed E-state index contributed by atoms with van der Waals surface area (Å²) in [5.74, 6) is 0. The standard InChI is InChI=1S/C7H13NO2.H3NS/c1-10-7(9)8-5-3-2-4-6-8;1-2/h2-6H2,1H3;2H,1H2. The van der Waals surface area contributed by atoms with Crippen LogP contribution in [0.1, 0.15) is 19.3 Å². The van der Waals surface area contributed by atoms with Gasteiger partial charge in [-0.25, -0.2) is 4.79 Å². The van der Waals surface area contributed by atoms with E-state index in [0.29, 0.717) is 0 Å². The third kappa shape index (κ3) is 3.82. The van der Waals surface area contributed by atoms with Gasteiger partial charge in [0.1, 0.15) is 0 Å². The van der Waals surface area contributed by atoms with Gasteiger partial charge >= 0.3 is 6.09 Å². The van der Waals surface area contributed by atoms with Crippen LogP contribution in [-0.4, -0.2) is 31.2 Å². The molecule has 0 aromatic carbocycles. The zero-order chi connectivity index (χ0) is 9.40. The van der Waals surface area contributed by atoms with Gasteiger partial charge in [-0.3, -0.25) is 5.14 Å². The second-order valence-corrected chi connectivity index (χ2v) is 2.52. The van der Waals surface area contributed by atoms with Gasteiger partial charge in [0, 0.05) is 13.1 Å². The van der Waals surface area contributed by atoms with Crippen molar-refractivity contribution in [3.63, 3.8) is 0 Å². The summed E-state index contributed by atoms with van der Waals surface area (Å²) < 4.78 is 4.58. The zero-order valence-corrected chi connectivity index (χ0v) is 8.22. The van der Waals surface area contributed by atoms with Gasteiger partial charge < -0.3 is 9.64 Å². The number of likely N-dealkylation sites (tertiary alicyclic amines) is 1. The highest BCUT2D eigenvalue weighted by atomic mass is 32.1. The van der Waals surface area contributed by atoms with Gasteiger partial charge in [-0.05, 0) is 19.3 Å². The first-order chi connectivity index (χ1) is 5.84. The zero-order valence-electron chi connectivity index (χ0n) is 7.32. The molecule has 5 heteroatoms. The van der Waals surface area contributed by atoms with Crippen molar-refractivity contribution >= 4 is 18.9 Å². The quantitative estimate of drug-likeness (QED) is 0.564. The van der Waals surface area contributed by atoms with Crippen LogP contribution < -0.4 is 5.14 Å². The lowest BCUT2D eigenvalue weighted by atomic mass is 10.1. The van der Waals surface area contributed by atoms with E-state index in [0.717, 1.165) is 25.9 Å². The fourth-order valence-electron chi connectivity index (χ4n) is 1.21. The summed E-state index contributed by atoms with van der Waals surface area (Å²) in [6.45, 7) is 1.74. The van der Waals surface area contributed by atoms with Crippen molar-refractivity contribution in [2.75, 3.05) is 20.2 Å². The molecular weight excluding hydrogens is 176 g/mol. The summed E-state index contributed by atoms with van der Waals surface area (Å²) in [6.07, 6.45) is 3.30. The maximum absolute atomic E-state index is 10.9. The first-order valence-corrected chi connectivity index (χ1v) is 4.45. The van der Waals surface area contributed by atoms with E-state index in [-0.39, 0.29) is 6.09 Å². The number of hydrogen-bond acceptors (Lipinski definition) is 4. The second kappa shape index (κ2) is 7.24. The van der Waals surface area contributed by atoms with Crippen LogP contribution >= 0.6 is 12.8 Å². The molecule has 2 N–H and O–H groups in total. The van der Waals surface area contributed by atoms with Crippen LogP contribution in [0.4, 0.5) is 4.79 Å². The summed E-state index contributed by atoms with van der Waals surface area (Å²) in [7, 11) is 1.43. The monoisotopic (exact) mass is 192 g/mol. The van der Waals surface area contributed by atoms with Crippen molar-refractivity contribution in [1.29, 1.82) is 0 Å². The fourth-order valence-corrected chi connectivity index (χ4v) is 1.21. The molecule has 1 aliphatic heterocycles. The van der Waals surface area contributed by atoms with Crippen LogP contribution in [0.2, 0.25) is 0 Å². The van der Waals surface area contributed by atoms with Crippen LogP contribution in [0.3, 0.4) is 0 Å². The van der Waals surface area contributed by atoms with Gasteiger partial charge in [-0.15, -0.1) is 12.8 Å². The number of carbonyl (C=O) groups is 1. The van der Waals surface area contributed by atoms with Crippen molar-refractivity contribution in [1.82, 2.24) is 4.90 Å². The Balaban J connectivity index is 0.000000561. The minimum absolute atomic E-state index is 0.181. The summed E-state index contributed by atoms with van der Waals surface area (Å²) in [4.78, 5) is 12.6. The van der Waals surface area contributed by atoms with E-state index in [4.69, 9.17) is 0 Å². The molecule has 1 aliphatic rings. The molecule has 12 heavy (non-hydrogen) atoms. The van der Waals surface area contributed by atoms with Gasteiger partial charge in [0.2, 0.25) is 0 Å². The SMILES string of the molecule is COC(=O)N1CCCCC1.NS. The van der Waals surface area contributed by atoms with Crippen molar-refractivity contribution < 1.29 is 9.53 Å². The van der Waals surface area contributed by atoms with Gasteiger partial charge in [0.25, 0.3) is 0 Å². The molecule has 1 amide bonds. The van der Waals surface area contributed by atoms with Crippen LogP contribution in [0.25, 0.3) is 0 Å². The highest BCUT2D eigenvalue weighted by Crippen LogP contribution is 2.08. The predicted molar refractivity (Wildman–Crippen MR) is 51.0 cm³/mol. The minimum atomic E-state index is -0.181. The van der Waals surface area contributed by atoms with E-state index in [2.05, 4.69) is 22.7 Å². The Morgan fingerprint density at radius 2 is 1.83 bits per heavy atom. The molecule has 0 radical (unpaired) electrons. The molecule has 0 unspecified atom stereocenters. The Bertz CT molecular complexity index is 127. The van der Waals surface area contributed by atoms with Gasteiger partial charge in [-0.1, -0.05) is 0 Å². The third-order valence-electron chi connectivity index (χ3n) is 1.79. The van der Waals surface area contributed by atoms with Crippen LogP contribution in [0.5, 0.6) is 0 Å². The lowest BCUT2D eigenvalue weighted by Gasteiger charge is -2.24. The molecule has 0 spiro atoms. The average molecular weight is 192 g/mol. The molecule has 1 fully saturated rings. The van der Waals surface area contributed by atoms with Crippen LogP contribution in [0, 0.1) is 0 Å². The van der Waals surface area contributed by atoms with E-state index in [1.165, 1.54) is 13.5 Å². The van der Waals surface area contributed by atoms with E-state index in [1.807, 2.05) is 0 Å². The molecule has 1 heterocycles. The second-order valence-electron chi connectivity index (χ2n) is 2.52. The Kier molecular flexibility index (Phi) is 6.99. The number of ether oxygens (including phenoxy) is 1. The number of nitrogens with two attached hydrogens (primary N) is 1. The highest BCUT2D eigenvalue weighted by molar-refractivity contribution is 7.77. The van der Waals surface area contributed by atoms with Gasteiger partial charge in [-0.2, -0.15) is 0 Å². The highest BCUT2D eigenvalue weighted by Gasteiger charge is 2.15. The Morgan fingerprint density at radius 1 is 1.33 bits per heavy atom. The Labute approximate surface area is 78.6 Å². The fraction of sp³-hybridized carbons (Fsp3) is 0.857. The molecule has 72 valence electrons. The number of thiol groups is 1. The first-order valence-electron chi connectivity index (χ1n) is 3.93. The smallest absolute Gasteiger partial charge is 0.409 e. The van der Waals surface area contributed by atoms with Gasteiger partial charge in [0.05, 0.1) is 7.11 Å². The van der Waals surface area contributed by atoms with Crippen LogP contribution in [-0.2, 0) is 4.74 Å². The number of hydrogen-bond donors (Lipinski definition) is 2. The topological polar surface area (TPSA) is 55.6 Å². The summed E-state index contributed by atoms with van der Waals surface area (Å²) >= 11 is 3.03. The summed E-state index contributed by atoms with van der Waals surface area (Å²) in [5.41, 5.74) is 0. The van der Waals surface area contributed by atoms with E-state index in [9.17, 15) is 4.79 Å². The van der Waals surface area contributed by atoms with Crippen molar-refractivity contribution in [2.45, 2.75) is 19.3 Å². The summed E-state index contributed by atoms with van der Waals surface area (Å²) in [5, 5.41) is 4.19.